The maximum atomic E-state index is 6.21. The van der Waals surface area contributed by atoms with Crippen LogP contribution < -0.4 is 4.74 Å². The summed E-state index contributed by atoms with van der Waals surface area (Å²) < 4.78 is 7.90. The summed E-state index contributed by atoms with van der Waals surface area (Å²) in [5.74, 6) is 0.743. The number of aromatic nitrogens is 2. The Balaban J connectivity index is 2.18. The van der Waals surface area contributed by atoms with Crippen LogP contribution in [0.1, 0.15) is 30.8 Å². The van der Waals surface area contributed by atoms with Gasteiger partial charge in [-0.2, -0.15) is 5.10 Å². The van der Waals surface area contributed by atoms with E-state index in [1.165, 1.54) is 0 Å². The lowest BCUT2D eigenvalue weighted by molar-refractivity contribution is 0.290. The molecule has 5 heteroatoms. The summed E-state index contributed by atoms with van der Waals surface area (Å²) in [5.41, 5.74) is 3.21. The van der Waals surface area contributed by atoms with Gasteiger partial charge in [0.05, 0.1) is 16.4 Å². The summed E-state index contributed by atoms with van der Waals surface area (Å²) in [6, 6.07) is 7.87. The Morgan fingerprint density at radius 3 is 2.80 bits per heavy atom. The van der Waals surface area contributed by atoms with Crippen LogP contribution >= 0.6 is 27.5 Å². The zero-order valence-electron chi connectivity index (χ0n) is 11.7. The molecule has 0 aliphatic rings. The van der Waals surface area contributed by atoms with Gasteiger partial charge in [0.1, 0.15) is 12.4 Å². The van der Waals surface area contributed by atoms with Crippen molar-refractivity contribution in [2.75, 3.05) is 0 Å². The Kier molecular flexibility index (Phi) is 5.49. The maximum absolute atomic E-state index is 6.21. The van der Waals surface area contributed by atoms with Gasteiger partial charge in [-0.15, -0.1) is 0 Å². The van der Waals surface area contributed by atoms with Crippen LogP contribution in [-0.2, 0) is 24.9 Å². The highest BCUT2D eigenvalue weighted by molar-refractivity contribution is 9.08. The molecule has 0 saturated carbocycles. The molecule has 0 unspecified atom stereocenters. The van der Waals surface area contributed by atoms with Crippen molar-refractivity contribution >= 4 is 27.5 Å². The van der Waals surface area contributed by atoms with Gasteiger partial charge in [0.25, 0.3) is 0 Å². The lowest BCUT2D eigenvalue weighted by atomic mass is 10.2. The summed E-state index contributed by atoms with van der Waals surface area (Å²) in [6.07, 6.45) is 0.929. The van der Waals surface area contributed by atoms with Crippen molar-refractivity contribution in [3.8, 4) is 5.75 Å². The number of aryl methyl sites for hydroxylation is 2. The molecule has 0 fully saturated rings. The first-order valence-electron chi connectivity index (χ1n) is 6.71. The van der Waals surface area contributed by atoms with E-state index in [2.05, 4.69) is 40.9 Å². The Morgan fingerprint density at radius 2 is 2.15 bits per heavy atom. The van der Waals surface area contributed by atoms with Crippen LogP contribution in [0.5, 0.6) is 5.75 Å². The summed E-state index contributed by atoms with van der Waals surface area (Å²) in [7, 11) is 0. The first kappa shape index (κ1) is 15.4. The van der Waals surface area contributed by atoms with E-state index in [4.69, 9.17) is 16.3 Å². The summed E-state index contributed by atoms with van der Waals surface area (Å²) in [5, 5.41) is 5.88. The molecule has 0 aliphatic heterocycles. The highest BCUT2D eigenvalue weighted by atomic mass is 79.9. The van der Waals surface area contributed by atoms with Crippen LogP contribution in [0.3, 0.4) is 0 Å². The molecule has 1 aromatic heterocycles. The van der Waals surface area contributed by atoms with Gasteiger partial charge in [0.15, 0.2) is 0 Å². The summed E-state index contributed by atoms with van der Waals surface area (Å²) in [4.78, 5) is 0. The van der Waals surface area contributed by atoms with Crippen molar-refractivity contribution in [1.29, 1.82) is 0 Å². The van der Waals surface area contributed by atoms with Crippen LogP contribution in [0.4, 0.5) is 0 Å². The Morgan fingerprint density at radius 1 is 1.35 bits per heavy atom. The van der Waals surface area contributed by atoms with Crippen molar-refractivity contribution in [2.45, 2.75) is 38.8 Å². The van der Waals surface area contributed by atoms with Crippen molar-refractivity contribution in [2.24, 2.45) is 0 Å². The molecule has 1 aromatic carbocycles. The van der Waals surface area contributed by atoms with E-state index < -0.39 is 0 Å². The molecule has 1 heterocycles. The average Bonchev–Trinajstić information content (AvgIpc) is 2.88. The lowest BCUT2D eigenvalue weighted by Gasteiger charge is -2.12. The van der Waals surface area contributed by atoms with Crippen molar-refractivity contribution in [3.05, 3.63) is 46.2 Å². The van der Waals surface area contributed by atoms with Gasteiger partial charge in [-0.25, -0.2) is 0 Å². The molecule has 2 rings (SSSR count). The van der Waals surface area contributed by atoms with Crippen molar-refractivity contribution in [1.82, 2.24) is 9.78 Å². The van der Waals surface area contributed by atoms with Gasteiger partial charge < -0.3 is 4.74 Å². The molecule has 108 valence electrons. The van der Waals surface area contributed by atoms with Crippen LogP contribution in [0, 0.1) is 0 Å². The number of nitrogens with zero attached hydrogens (tertiary/aromatic N) is 2. The topological polar surface area (TPSA) is 27.1 Å². The number of rotatable bonds is 6. The number of hydrogen-bond acceptors (Lipinski definition) is 2. The predicted molar refractivity (Wildman–Crippen MR) is 85.7 cm³/mol. The number of benzene rings is 1. The monoisotopic (exact) mass is 356 g/mol. The van der Waals surface area contributed by atoms with E-state index in [1.54, 1.807) is 0 Å². The minimum Gasteiger partial charge on any atom is -0.485 e. The van der Waals surface area contributed by atoms with E-state index in [9.17, 15) is 0 Å². The molecule has 0 aliphatic carbocycles. The van der Waals surface area contributed by atoms with E-state index >= 15 is 0 Å². The van der Waals surface area contributed by atoms with Crippen molar-refractivity contribution in [3.63, 3.8) is 0 Å². The van der Waals surface area contributed by atoms with Crippen molar-refractivity contribution < 1.29 is 4.74 Å². The minimum atomic E-state index is 0.477. The Labute approximate surface area is 133 Å². The molecule has 0 saturated heterocycles. The molecule has 0 radical (unpaired) electrons. The van der Waals surface area contributed by atoms with Crippen LogP contribution in [0.15, 0.2) is 24.3 Å². The number of hydrogen-bond donors (Lipinski definition) is 0. The largest absolute Gasteiger partial charge is 0.485 e. The van der Waals surface area contributed by atoms with E-state index in [0.717, 1.165) is 41.0 Å². The average molecular weight is 358 g/mol. The molecule has 0 spiro atoms. The SMILES string of the molecule is CCc1cc(COc2c(Cl)cccc2CBr)n(CC)n1. The summed E-state index contributed by atoms with van der Waals surface area (Å²) in [6.45, 7) is 5.50. The van der Waals surface area contributed by atoms with Crippen LogP contribution in [-0.4, -0.2) is 9.78 Å². The first-order chi connectivity index (χ1) is 9.69. The Bertz CT molecular complexity index is 583. The Hall–Kier alpha value is -1.00. The molecule has 20 heavy (non-hydrogen) atoms. The molecule has 0 N–H and O–H groups in total. The van der Waals surface area contributed by atoms with E-state index in [1.807, 2.05) is 22.9 Å². The quantitative estimate of drug-likeness (QED) is 0.707. The van der Waals surface area contributed by atoms with Gasteiger partial charge in [0.2, 0.25) is 0 Å². The third-order valence-electron chi connectivity index (χ3n) is 3.13. The normalized spacial score (nSPS) is 10.8. The maximum Gasteiger partial charge on any atom is 0.142 e. The van der Waals surface area contributed by atoms with Gasteiger partial charge in [-0.3, -0.25) is 4.68 Å². The fourth-order valence-corrected chi connectivity index (χ4v) is 2.73. The van der Waals surface area contributed by atoms with Gasteiger partial charge in [-0.05, 0) is 25.5 Å². The molecule has 3 nitrogen and oxygen atoms in total. The zero-order chi connectivity index (χ0) is 14.5. The highest BCUT2D eigenvalue weighted by Gasteiger charge is 2.11. The molecular formula is C15H18BrClN2O. The molecule has 2 aromatic rings. The third-order valence-corrected chi connectivity index (χ3v) is 4.03. The smallest absolute Gasteiger partial charge is 0.142 e. The number of ether oxygens (including phenoxy) is 1. The van der Waals surface area contributed by atoms with Crippen LogP contribution in [0.2, 0.25) is 5.02 Å². The van der Waals surface area contributed by atoms with Crippen LogP contribution in [0.25, 0.3) is 0 Å². The van der Waals surface area contributed by atoms with E-state index in [0.29, 0.717) is 11.6 Å². The number of para-hydroxylation sites is 1. The third kappa shape index (κ3) is 3.36. The second-order valence-electron chi connectivity index (χ2n) is 4.45. The molecule has 0 bridgehead atoms. The van der Waals surface area contributed by atoms with Gasteiger partial charge in [-0.1, -0.05) is 46.6 Å². The standard InChI is InChI=1S/C15H18BrClN2O/c1-3-12-8-13(19(4-2)18-12)10-20-15-11(9-16)6-5-7-14(15)17/h5-8H,3-4,9-10H2,1-2H3. The van der Waals surface area contributed by atoms with Gasteiger partial charge in [0, 0.05) is 17.4 Å². The molecule has 0 atom stereocenters. The number of alkyl halides is 1. The number of halogens is 2. The minimum absolute atomic E-state index is 0.477. The second kappa shape index (κ2) is 7.14. The summed E-state index contributed by atoms with van der Waals surface area (Å²) >= 11 is 9.67. The van der Waals surface area contributed by atoms with E-state index in [-0.39, 0.29) is 0 Å². The molecular weight excluding hydrogens is 340 g/mol. The predicted octanol–water partition coefficient (Wildman–Crippen LogP) is 4.59. The second-order valence-corrected chi connectivity index (χ2v) is 5.41. The fourth-order valence-electron chi connectivity index (χ4n) is 2.04. The zero-order valence-corrected chi connectivity index (χ0v) is 14.0. The fraction of sp³-hybridized carbons (Fsp3) is 0.400. The van der Waals surface area contributed by atoms with Gasteiger partial charge >= 0.3 is 0 Å². The highest BCUT2D eigenvalue weighted by Crippen LogP contribution is 2.30. The lowest BCUT2D eigenvalue weighted by Crippen LogP contribution is -2.07. The molecule has 0 amide bonds. The first-order valence-corrected chi connectivity index (χ1v) is 8.21.